The maximum Gasteiger partial charge on any atom is 0.352 e. The number of thioether (sulfide) groups is 2. The molecule has 0 radical (unpaired) electrons. The summed E-state index contributed by atoms with van der Waals surface area (Å²) in [6, 6.07) is 5.44. The highest BCUT2D eigenvalue weighted by Crippen LogP contribution is 2.43. The van der Waals surface area contributed by atoms with Crippen molar-refractivity contribution in [1.82, 2.24) is 20.2 Å². The minimum absolute atomic E-state index is 0.0576. The quantitative estimate of drug-likeness (QED) is 0.0372. The van der Waals surface area contributed by atoms with Crippen LogP contribution in [0.4, 0.5) is 5.13 Å². The number of carboxylic acid groups (broad SMARTS) is 2. The second kappa shape index (κ2) is 13.0. The highest BCUT2D eigenvalue weighted by Gasteiger charge is 2.55. The lowest BCUT2D eigenvalue weighted by atomic mass is 10.0. The van der Waals surface area contributed by atoms with Gasteiger partial charge in [-0.1, -0.05) is 11.2 Å². The zero-order valence-electron chi connectivity index (χ0n) is 22.6. The third kappa shape index (κ3) is 6.50. The molecular weight excluding hydrogens is 651 g/mol. The Bertz CT molecular complexity index is 1730. The molecule has 0 bridgehead atoms. The smallest absolute Gasteiger partial charge is 0.352 e. The van der Waals surface area contributed by atoms with Gasteiger partial charge in [0.15, 0.2) is 22.3 Å². The number of carbonyl (C=O) groups is 4. The zero-order valence-corrected chi connectivity index (χ0v) is 25.1. The van der Waals surface area contributed by atoms with E-state index >= 15 is 0 Å². The molecule has 2 aliphatic heterocycles. The third-order valence-corrected chi connectivity index (χ3v) is 9.56. The summed E-state index contributed by atoms with van der Waals surface area (Å²) in [7, 11) is 0. The van der Waals surface area contributed by atoms with Gasteiger partial charge in [-0.2, -0.15) is 0 Å². The molecule has 234 valence electrons. The summed E-state index contributed by atoms with van der Waals surface area (Å²) in [4.78, 5) is 65.8. The van der Waals surface area contributed by atoms with Crippen molar-refractivity contribution in [2.24, 2.45) is 10.9 Å². The van der Waals surface area contributed by atoms with Crippen LogP contribution in [0.2, 0.25) is 0 Å². The first-order valence-electron chi connectivity index (χ1n) is 12.7. The molecule has 16 nitrogen and oxygen atoms in total. The lowest BCUT2D eigenvalue weighted by molar-refractivity contribution is -0.151. The minimum atomic E-state index is -1.82. The van der Waals surface area contributed by atoms with Gasteiger partial charge in [0, 0.05) is 34.0 Å². The van der Waals surface area contributed by atoms with Crippen LogP contribution in [0.5, 0.6) is 11.5 Å². The summed E-state index contributed by atoms with van der Waals surface area (Å²) in [5.74, 6) is -5.52. The number of aliphatic carboxylic acids is 2. The maximum absolute atomic E-state index is 13.4. The molecule has 1 fully saturated rings. The Kier molecular flexibility index (Phi) is 9.14. The molecule has 4 heterocycles. The number of pyridine rings is 1. The lowest BCUT2D eigenvalue weighted by Gasteiger charge is -2.49. The fourth-order valence-corrected chi connectivity index (χ4v) is 7.33. The lowest BCUT2D eigenvalue weighted by Crippen LogP contribution is -2.71. The number of fused-ring (bicyclic) bond motifs is 1. The van der Waals surface area contributed by atoms with Crippen molar-refractivity contribution in [3.05, 3.63) is 70.6 Å². The van der Waals surface area contributed by atoms with Crippen molar-refractivity contribution in [3.8, 4) is 11.5 Å². The summed E-state index contributed by atoms with van der Waals surface area (Å²) in [5.41, 5.74) is 11.4. The molecule has 1 saturated heterocycles. The fourth-order valence-electron chi connectivity index (χ4n) is 4.36. The molecule has 2 aromatic heterocycles. The second-order valence-electron chi connectivity index (χ2n) is 9.34. The number of hydrogen-bond donors (Lipinski definition) is 7. The number of nitrogens with one attached hydrogen (secondary N) is 1. The van der Waals surface area contributed by atoms with Gasteiger partial charge < -0.3 is 42.0 Å². The number of aromatic hydroxyl groups is 2. The van der Waals surface area contributed by atoms with E-state index in [9.17, 15) is 39.6 Å². The molecule has 0 spiro atoms. The number of carbonyl (C=O) groups excluding carboxylic acids is 2. The van der Waals surface area contributed by atoms with Gasteiger partial charge in [0.2, 0.25) is 6.10 Å². The molecule has 0 saturated carbocycles. The van der Waals surface area contributed by atoms with Crippen LogP contribution in [0.25, 0.3) is 0 Å². The molecular formula is C26H23N7O9S3. The van der Waals surface area contributed by atoms with Crippen LogP contribution in [0.3, 0.4) is 0 Å². The van der Waals surface area contributed by atoms with E-state index in [1.54, 1.807) is 24.5 Å². The number of phenolic OH excluding ortho intramolecular Hbond substituents is 2. The molecule has 0 aliphatic carbocycles. The Balaban J connectivity index is 1.37. The second-order valence-corrected chi connectivity index (χ2v) is 12.6. The fraction of sp³-hybridized carbons (Fsp3) is 0.192. The largest absolute Gasteiger partial charge is 0.504 e. The first kappa shape index (κ1) is 31.6. The number of aromatic nitrogens is 2. The van der Waals surface area contributed by atoms with Crippen molar-refractivity contribution in [3.63, 3.8) is 0 Å². The van der Waals surface area contributed by atoms with Crippen LogP contribution >= 0.6 is 34.9 Å². The number of phenols is 2. The third-order valence-electron chi connectivity index (χ3n) is 6.50. The van der Waals surface area contributed by atoms with E-state index in [0.717, 1.165) is 33.3 Å². The van der Waals surface area contributed by atoms with Crippen LogP contribution in [0.1, 0.15) is 17.4 Å². The summed E-state index contributed by atoms with van der Waals surface area (Å²) < 4.78 is 0. The SMILES string of the molecule is Nc1nc(/C(=N/O[C@@H](C(=O)O)c2ccc(O)c(O)c2)C(=O)N[C@@H]2C(=O)N3C(C(=O)O)=C(C(N)Sc4ccncc4)CS[C@H]23)cs1. The monoisotopic (exact) mass is 673 g/mol. The Morgan fingerprint density at radius 3 is 2.51 bits per heavy atom. The van der Waals surface area contributed by atoms with Crippen molar-refractivity contribution < 1.29 is 44.4 Å². The van der Waals surface area contributed by atoms with Gasteiger partial charge in [0.1, 0.15) is 22.8 Å². The van der Waals surface area contributed by atoms with Gasteiger partial charge in [-0.3, -0.25) is 19.5 Å². The molecule has 45 heavy (non-hydrogen) atoms. The minimum Gasteiger partial charge on any atom is -0.504 e. The Morgan fingerprint density at radius 1 is 1.16 bits per heavy atom. The summed E-state index contributed by atoms with van der Waals surface area (Å²) >= 11 is 3.37. The van der Waals surface area contributed by atoms with Crippen LogP contribution in [0.15, 0.2) is 69.4 Å². The number of benzene rings is 1. The van der Waals surface area contributed by atoms with Crippen molar-refractivity contribution in [1.29, 1.82) is 0 Å². The van der Waals surface area contributed by atoms with Crippen LogP contribution in [0, 0.1) is 0 Å². The first-order chi connectivity index (χ1) is 21.5. The van der Waals surface area contributed by atoms with Gasteiger partial charge in [-0.15, -0.1) is 34.9 Å². The summed E-state index contributed by atoms with van der Waals surface area (Å²) in [6.07, 6.45) is 1.32. The highest BCUT2D eigenvalue weighted by molar-refractivity contribution is 8.01. The van der Waals surface area contributed by atoms with E-state index in [1.807, 2.05) is 0 Å². The van der Waals surface area contributed by atoms with Crippen LogP contribution in [-0.2, 0) is 24.0 Å². The molecule has 2 aliphatic rings. The van der Waals surface area contributed by atoms with E-state index < -0.39 is 63.9 Å². The van der Waals surface area contributed by atoms with Gasteiger partial charge in [0.05, 0.1) is 5.37 Å². The number of carboxylic acids is 2. The summed E-state index contributed by atoms with van der Waals surface area (Å²) in [5, 5.41) is 45.1. The normalized spacial score (nSPS) is 19.3. The molecule has 2 amide bonds. The topological polar surface area (TPSA) is 264 Å². The number of anilines is 1. The zero-order chi connectivity index (χ0) is 32.4. The predicted molar refractivity (Wildman–Crippen MR) is 162 cm³/mol. The van der Waals surface area contributed by atoms with E-state index in [-0.39, 0.29) is 27.8 Å². The van der Waals surface area contributed by atoms with E-state index in [2.05, 4.69) is 20.4 Å². The van der Waals surface area contributed by atoms with Crippen LogP contribution in [-0.4, -0.2) is 87.3 Å². The summed E-state index contributed by atoms with van der Waals surface area (Å²) in [6.45, 7) is 0. The number of rotatable bonds is 11. The number of oxime groups is 1. The first-order valence-corrected chi connectivity index (χ1v) is 15.5. The van der Waals surface area contributed by atoms with Gasteiger partial charge >= 0.3 is 11.9 Å². The van der Waals surface area contributed by atoms with Gasteiger partial charge in [-0.05, 0) is 29.8 Å². The predicted octanol–water partition coefficient (Wildman–Crippen LogP) is 0.894. The Morgan fingerprint density at radius 2 is 1.89 bits per heavy atom. The van der Waals surface area contributed by atoms with Crippen LogP contribution < -0.4 is 16.8 Å². The Labute approximate surface area is 265 Å². The number of β-lactam (4-membered cyclic amide) rings is 1. The van der Waals surface area contributed by atoms with Gasteiger partial charge in [-0.25, -0.2) is 14.6 Å². The average Bonchev–Trinajstić information content (AvgIpc) is 3.44. The molecule has 1 unspecified atom stereocenters. The average molecular weight is 674 g/mol. The van der Waals surface area contributed by atoms with E-state index in [4.69, 9.17) is 16.3 Å². The number of hydrogen-bond acceptors (Lipinski definition) is 15. The number of nitrogens with zero attached hydrogens (tertiary/aromatic N) is 4. The molecule has 4 atom stereocenters. The molecule has 1 aromatic carbocycles. The van der Waals surface area contributed by atoms with Crippen molar-refractivity contribution in [2.45, 2.75) is 27.8 Å². The standard InChI is InChI=1S/C26H23N7O9S3/c27-20(45-11-3-5-29-6-4-11)12-8-43-23-17(22(37)33(23)18(12)24(38)39)31-21(36)16(13-9-44-26(28)30-13)32-42-19(25(40)41)10-1-2-14(34)15(35)7-10/h1-7,9,17,19-20,23,34-35H,8,27H2,(H2,28,30)(H,31,36)(H,38,39)(H,40,41)/b32-16-/t17-,19-,20?,23-/m1/s1. The molecule has 5 rings (SSSR count). The number of nitrogen functional groups attached to an aromatic ring is 1. The van der Waals surface area contributed by atoms with E-state index in [0.29, 0.717) is 5.57 Å². The van der Waals surface area contributed by atoms with Gasteiger partial charge in [0.25, 0.3) is 11.8 Å². The number of amides is 2. The Hall–Kier alpha value is -4.85. The van der Waals surface area contributed by atoms with E-state index in [1.165, 1.54) is 35.0 Å². The molecule has 3 aromatic rings. The number of thiazole rings is 1. The van der Waals surface area contributed by atoms with Crippen molar-refractivity contribution in [2.75, 3.05) is 11.5 Å². The highest BCUT2D eigenvalue weighted by atomic mass is 32.2. The molecule has 19 heteroatoms. The molecule has 9 N–H and O–H groups in total. The van der Waals surface area contributed by atoms with Crippen molar-refractivity contribution >= 4 is 69.5 Å². The number of nitrogens with two attached hydrogens (primary N) is 2. The maximum atomic E-state index is 13.4.